The van der Waals surface area contributed by atoms with Crippen LogP contribution in [0.1, 0.15) is 18.7 Å². The molecule has 4 rings (SSSR count). The molecule has 5 atom stereocenters. The molecular formula is C15H17NO3. The third kappa shape index (κ3) is 1.40. The topological polar surface area (TPSA) is 38.8 Å². The van der Waals surface area contributed by atoms with Gasteiger partial charge in [0.15, 0.2) is 6.23 Å². The fraction of sp³-hybridized carbons (Fsp3) is 0.533. The van der Waals surface area contributed by atoms with Gasteiger partial charge in [0.05, 0.1) is 19.8 Å². The highest BCUT2D eigenvalue weighted by Gasteiger charge is 2.67. The van der Waals surface area contributed by atoms with Crippen molar-refractivity contribution in [1.82, 2.24) is 4.90 Å². The second-order valence-electron chi connectivity index (χ2n) is 5.73. The molecule has 0 bridgehead atoms. The summed E-state index contributed by atoms with van der Waals surface area (Å²) in [4.78, 5) is 14.3. The number of hydrogen-bond acceptors (Lipinski definition) is 3. The van der Waals surface area contributed by atoms with Crippen molar-refractivity contribution in [2.75, 3.05) is 13.7 Å². The van der Waals surface area contributed by atoms with Crippen molar-refractivity contribution in [2.24, 2.45) is 17.8 Å². The van der Waals surface area contributed by atoms with E-state index in [0.717, 1.165) is 11.3 Å². The van der Waals surface area contributed by atoms with Gasteiger partial charge in [-0.05, 0) is 24.0 Å². The highest BCUT2D eigenvalue weighted by molar-refractivity contribution is 5.86. The van der Waals surface area contributed by atoms with E-state index in [1.165, 1.54) is 0 Å². The maximum atomic E-state index is 12.4. The van der Waals surface area contributed by atoms with Gasteiger partial charge in [-0.25, -0.2) is 0 Å². The number of fused-ring (bicyclic) bond motifs is 3. The van der Waals surface area contributed by atoms with Gasteiger partial charge in [0, 0.05) is 11.5 Å². The Hall–Kier alpha value is -1.55. The summed E-state index contributed by atoms with van der Waals surface area (Å²) in [5.74, 6) is 2.43. The molecule has 2 saturated heterocycles. The second kappa shape index (κ2) is 3.73. The Bertz CT molecular complexity index is 527. The van der Waals surface area contributed by atoms with Crippen LogP contribution in [0, 0.1) is 17.8 Å². The molecule has 0 radical (unpaired) electrons. The zero-order valence-corrected chi connectivity index (χ0v) is 11.1. The number of amides is 1. The minimum atomic E-state index is -0.205. The zero-order valence-electron chi connectivity index (χ0n) is 11.1. The van der Waals surface area contributed by atoms with Gasteiger partial charge in [0.1, 0.15) is 5.75 Å². The Kier molecular flexibility index (Phi) is 2.22. The van der Waals surface area contributed by atoms with E-state index in [9.17, 15) is 4.79 Å². The Morgan fingerprint density at radius 2 is 2.05 bits per heavy atom. The largest absolute Gasteiger partial charge is 0.497 e. The summed E-state index contributed by atoms with van der Waals surface area (Å²) in [6.45, 7) is 2.85. The number of piperidine rings is 1. The maximum absolute atomic E-state index is 12.4. The van der Waals surface area contributed by atoms with Gasteiger partial charge in [0.2, 0.25) is 5.91 Å². The number of hydrogen-bond donors (Lipinski definition) is 0. The summed E-state index contributed by atoms with van der Waals surface area (Å²) in [7, 11) is 1.65. The average molecular weight is 259 g/mol. The molecule has 1 amide bonds. The Labute approximate surface area is 112 Å². The molecule has 0 N–H and O–H groups in total. The lowest BCUT2D eigenvalue weighted by molar-refractivity contribution is -0.137. The van der Waals surface area contributed by atoms with Crippen molar-refractivity contribution in [3.05, 3.63) is 29.8 Å². The fourth-order valence-electron chi connectivity index (χ4n) is 3.77. The lowest BCUT2D eigenvalue weighted by Gasteiger charge is -2.25. The standard InChI is InChI=1S/C15H17NO3/c1-8-12-11-7-19-15(16(11)14(17)13(8)12)9-3-5-10(18-2)6-4-9/h3-6,8,11-13,15H,7H2,1-2H3/t8-,11-,12-,13-,15-/m1/s1. The van der Waals surface area contributed by atoms with Gasteiger partial charge in [-0.1, -0.05) is 19.1 Å². The number of carbonyl (C=O) groups is 1. The van der Waals surface area contributed by atoms with Crippen LogP contribution in [-0.4, -0.2) is 30.6 Å². The van der Waals surface area contributed by atoms with E-state index in [1.54, 1.807) is 7.11 Å². The molecule has 3 fully saturated rings. The quantitative estimate of drug-likeness (QED) is 0.813. The van der Waals surface area contributed by atoms with Crippen LogP contribution in [0.4, 0.5) is 0 Å². The number of methoxy groups -OCH3 is 1. The van der Waals surface area contributed by atoms with Crippen molar-refractivity contribution < 1.29 is 14.3 Å². The van der Waals surface area contributed by atoms with E-state index in [-0.39, 0.29) is 18.1 Å². The number of nitrogens with zero attached hydrogens (tertiary/aromatic N) is 1. The molecule has 0 spiro atoms. The van der Waals surface area contributed by atoms with Crippen LogP contribution in [0.25, 0.3) is 0 Å². The van der Waals surface area contributed by atoms with E-state index in [1.807, 2.05) is 29.2 Å². The maximum Gasteiger partial charge on any atom is 0.228 e. The molecule has 2 heterocycles. The van der Waals surface area contributed by atoms with Crippen molar-refractivity contribution in [2.45, 2.75) is 19.2 Å². The number of benzene rings is 1. The van der Waals surface area contributed by atoms with Gasteiger partial charge >= 0.3 is 0 Å². The fourth-order valence-corrected chi connectivity index (χ4v) is 3.77. The van der Waals surface area contributed by atoms with Crippen molar-refractivity contribution >= 4 is 5.91 Å². The van der Waals surface area contributed by atoms with Gasteiger partial charge in [-0.3, -0.25) is 4.79 Å². The molecular weight excluding hydrogens is 242 g/mol. The van der Waals surface area contributed by atoms with Crippen LogP contribution in [0.3, 0.4) is 0 Å². The normalized spacial score (nSPS) is 39.2. The first-order valence-corrected chi connectivity index (χ1v) is 6.80. The van der Waals surface area contributed by atoms with Gasteiger partial charge in [-0.15, -0.1) is 0 Å². The first kappa shape index (κ1) is 11.3. The molecule has 0 unspecified atom stereocenters. The van der Waals surface area contributed by atoms with Gasteiger partial charge in [0.25, 0.3) is 0 Å². The van der Waals surface area contributed by atoms with Crippen molar-refractivity contribution in [1.29, 1.82) is 0 Å². The lowest BCUT2D eigenvalue weighted by atomic mass is 10.1. The van der Waals surface area contributed by atoms with Crippen LogP contribution < -0.4 is 4.74 Å². The Morgan fingerprint density at radius 1 is 1.32 bits per heavy atom. The third-order valence-electron chi connectivity index (χ3n) is 4.87. The van der Waals surface area contributed by atoms with E-state index < -0.39 is 0 Å². The van der Waals surface area contributed by atoms with Crippen molar-refractivity contribution in [3.8, 4) is 5.75 Å². The second-order valence-corrected chi connectivity index (χ2v) is 5.73. The van der Waals surface area contributed by atoms with Gasteiger partial charge < -0.3 is 14.4 Å². The minimum Gasteiger partial charge on any atom is -0.497 e. The molecule has 1 aromatic rings. The monoisotopic (exact) mass is 259 g/mol. The van der Waals surface area contributed by atoms with Crippen LogP contribution >= 0.6 is 0 Å². The molecule has 0 aromatic heterocycles. The minimum absolute atomic E-state index is 0.205. The van der Waals surface area contributed by atoms with E-state index in [2.05, 4.69) is 6.92 Å². The summed E-state index contributed by atoms with van der Waals surface area (Å²) in [6.07, 6.45) is -0.205. The molecule has 3 aliphatic rings. The first-order valence-electron chi connectivity index (χ1n) is 6.80. The molecule has 1 aliphatic carbocycles. The lowest BCUT2D eigenvalue weighted by Crippen LogP contribution is -2.35. The molecule has 1 saturated carbocycles. The molecule has 2 aliphatic heterocycles. The first-order chi connectivity index (χ1) is 9.22. The third-order valence-corrected chi connectivity index (χ3v) is 4.87. The van der Waals surface area contributed by atoms with Crippen LogP contribution in [0.2, 0.25) is 0 Å². The summed E-state index contributed by atoms with van der Waals surface area (Å²) >= 11 is 0. The summed E-state index contributed by atoms with van der Waals surface area (Å²) in [6, 6.07) is 8.07. The molecule has 4 nitrogen and oxygen atoms in total. The number of ether oxygens (including phenoxy) is 2. The number of carbonyl (C=O) groups excluding carboxylic acids is 1. The smallest absolute Gasteiger partial charge is 0.228 e. The van der Waals surface area contributed by atoms with E-state index >= 15 is 0 Å². The Balaban J connectivity index is 1.61. The number of rotatable bonds is 2. The van der Waals surface area contributed by atoms with Crippen LogP contribution in [-0.2, 0) is 9.53 Å². The van der Waals surface area contributed by atoms with Gasteiger partial charge in [-0.2, -0.15) is 0 Å². The highest BCUT2D eigenvalue weighted by atomic mass is 16.5. The summed E-state index contributed by atoms with van der Waals surface area (Å²) < 4.78 is 11.0. The van der Waals surface area contributed by atoms with E-state index in [4.69, 9.17) is 9.47 Å². The molecule has 4 heteroatoms. The zero-order chi connectivity index (χ0) is 13.1. The van der Waals surface area contributed by atoms with E-state index in [0.29, 0.717) is 24.5 Å². The SMILES string of the molecule is COc1ccc([C@H]2OC[C@@H]3[C@H]4[C@@H](C)[C@H]4C(=O)N23)cc1. The predicted molar refractivity (Wildman–Crippen MR) is 68.5 cm³/mol. The average Bonchev–Trinajstić information content (AvgIpc) is 2.82. The molecule has 19 heavy (non-hydrogen) atoms. The summed E-state index contributed by atoms with van der Waals surface area (Å²) in [5, 5.41) is 0. The van der Waals surface area contributed by atoms with Crippen LogP contribution in [0.15, 0.2) is 24.3 Å². The molecule has 100 valence electrons. The Morgan fingerprint density at radius 3 is 2.74 bits per heavy atom. The highest BCUT2D eigenvalue weighted by Crippen LogP contribution is 2.59. The predicted octanol–water partition coefficient (Wildman–Crippen LogP) is 1.82. The summed E-state index contributed by atoms with van der Waals surface area (Å²) in [5.41, 5.74) is 1.03. The molecule has 1 aromatic carbocycles. The van der Waals surface area contributed by atoms with Crippen LogP contribution in [0.5, 0.6) is 5.75 Å². The van der Waals surface area contributed by atoms with Crippen molar-refractivity contribution in [3.63, 3.8) is 0 Å².